The fourth-order valence-electron chi connectivity index (χ4n) is 0.418. The summed E-state index contributed by atoms with van der Waals surface area (Å²) in [5.74, 6) is -1.15. The zero-order chi connectivity index (χ0) is 9.98. The van der Waals surface area contributed by atoms with Crippen LogP contribution < -0.4 is 0 Å². The van der Waals surface area contributed by atoms with Crippen molar-refractivity contribution in [2.45, 2.75) is 27.7 Å². The predicted molar refractivity (Wildman–Crippen MR) is 51.1 cm³/mol. The molecule has 1 aliphatic rings. The number of hydrogen-bond donors (Lipinski definition) is 1. The molecule has 0 aromatic rings. The lowest BCUT2D eigenvalue weighted by atomic mass is 10.6. The lowest BCUT2D eigenvalue weighted by Gasteiger charge is -1.80. The normalized spacial score (nSPS) is 11.8. The number of aliphatic imine (C=N–C) groups is 2. The number of hydrogen-bond acceptors (Lipinski definition) is 3. The van der Waals surface area contributed by atoms with E-state index in [1.807, 2.05) is 27.7 Å². The van der Waals surface area contributed by atoms with Crippen molar-refractivity contribution in [3.8, 4) is 0 Å². The minimum absolute atomic E-state index is 0.0926. The Balaban J connectivity index is 0. The maximum atomic E-state index is 9.96. The van der Waals surface area contributed by atoms with Crippen molar-refractivity contribution in [1.82, 2.24) is 0 Å². The number of carboxylic acids is 1. The van der Waals surface area contributed by atoms with Gasteiger partial charge in [-0.15, -0.1) is 0 Å². The third-order valence-corrected chi connectivity index (χ3v) is 0.728. The van der Waals surface area contributed by atoms with Gasteiger partial charge in [0.15, 0.2) is 0 Å². The van der Waals surface area contributed by atoms with Crippen molar-refractivity contribution < 1.29 is 9.90 Å². The van der Waals surface area contributed by atoms with Crippen molar-refractivity contribution in [3.05, 3.63) is 0 Å². The summed E-state index contributed by atoms with van der Waals surface area (Å²) in [5, 5.41) is 8.17. The van der Waals surface area contributed by atoms with Crippen LogP contribution in [0, 0.1) is 0 Å². The van der Waals surface area contributed by atoms with E-state index in [1.165, 1.54) is 6.21 Å². The number of nitrogens with zero attached hydrogens (tertiary/aromatic N) is 2. The predicted octanol–water partition coefficient (Wildman–Crippen LogP) is 1.61. The van der Waals surface area contributed by atoms with Gasteiger partial charge in [0.05, 0.1) is 6.54 Å². The Bertz CT molecular complexity index is 174. The largest absolute Gasteiger partial charge is 0.475 e. The van der Waals surface area contributed by atoms with E-state index in [9.17, 15) is 4.79 Å². The molecule has 1 rings (SSSR count). The lowest BCUT2D eigenvalue weighted by Crippen LogP contribution is -2.06. The van der Waals surface area contributed by atoms with Crippen LogP contribution in [0.5, 0.6) is 0 Å². The number of carbonyl (C=O) groups is 1. The summed E-state index contributed by atoms with van der Waals surface area (Å²) >= 11 is 0. The molecule has 0 aliphatic carbocycles. The van der Waals surface area contributed by atoms with Gasteiger partial charge < -0.3 is 5.11 Å². The molecule has 1 heterocycles. The molecular weight excluding hydrogens is 156 g/mol. The van der Waals surface area contributed by atoms with Crippen LogP contribution >= 0.6 is 0 Å². The van der Waals surface area contributed by atoms with E-state index in [4.69, 9.17) is 5.11 Å². The standard InChI is InChI=1S/C4H4N2O2.2C2H6/c7-4(8)3-5-1-2-6-3;2*1-2/h1H,2H2,(H,7,8);2*1-2H3. The Hall–Kier alpha value is -1.19. The molecular formula is C8H16N2O2. The third kappa shape index (κ3) is 5.58. The molecule has 4 heteroatoms. The van der Waals surface area contributed by atoms with Gasteiger partial charge in [-0.05, 0) is 0 Å². The summed E-state index contributed by atoms with van der Waals surface area (Å²) in [6, 6.07) is 0. The zero-order valence-electron chi connectivity index (χ0n) is 8.03. The molecule has 0 saturated carbocycles. The first-order valence-corrected chi connectivity index (χ1v) is 4.11. The zero-order valence-corrected chi connectivity index (χ0v) is 8.03. The van der Waals surface area contributed by atoms with Gasteiger partial charge in [-0.3, -0.25) is 4.99 Å². The van der Waals surface area contributed by atoms with Crippen molar-refractivity contribution in [1.29, 1.82) is 0 Å². The van der Waals surface area contributed by atoms with Gasteiger partial charge in [0.2, 0.25) is 5.84 Å². The third-order valence-electron chi connectivity index (χ3n) is 0.728. The molecule has 0 aromatic carbocycles. The van der Waals surface area contributed by atoms with E-state index in [1.54, 1.807) is 0 Å². The van der Waals surface area contributed by atoms with E-state index < -0.39 is 5.97 Å². The van der Waals surface area contributed by atoms with Gasteiger partial charge in [-0.2, -0.15) is 0 Å². The molecule has 1 aliphatic heterocycles. The topological polar surface area (TPSA) is 62.0 Å². The molecule has 0 aromatic heterocycles. The van der Waals surface area contributed by atoms with Crippen LogP contribution in [-0.4, -0.2) is 29.7 Å². The molecule has 0 bridgehead atoms. The van der Waals surface area contributed by atoms with Crippen LogP contribution in [0.25, 0.3) is 0 Å². The minimum atomic E-state index is -1.06. The summed E-state index contributed by atoms with van der Waals surface area (Å²) in [6.07, 6.45) is 1.46. The second-order valence-electron chi connectivity index (χ2n) is 1.28. The molecule has 0 unspecified atom stereocenters. The Labute approximate surface area is 73.0 Å². The molecule has 0 fully saturated rings. The number of amidine groups is 1. The molecule has 0 amide bonds. The summed E-state index contributed by atoms with van der Waals surface area (Å²) in [6.45, 7) is 8.40. The van der Waals surface area contributed by atoms with Gasteiger partial charge >= 0.3 is 5.97 Å². The van der Waals surface area contributed by atoms with Crippen LogP contribution in [0.15, 0.2) is 9.98 Å². The first-order valence-electron chi connectivity index (χ1n) is 4.11. The maximum Gasteiger partial charge on any atom is 0.373 e. The van der Waals surface area contributed by atoms with Crippen molar-refractivity contribution in [3.63, 3.8) is 0 Å². The van der Waals surface area contributed by atoms with Crippen molar-refractivity contribution in [2.75, 3.05) is 6.54 Å². The quantitative estimate of drug-likeness (QED) is 0.653. The van der Waals surface area contributed by atoms with E-state index >= 15 is 0 Å². The first-order chi connectivity index (χ1) is 5.80. The smallest absolute Gasteiger partial charge is 0.373 e. The first kappa shape index (κ1) is 13.4. The van der Waals surface area contributed by atoms with E-state index in [2.05, 4.69) is 9.98 Å². The molecule has 0 atom stereocenters. The molecule has 70 valence electrons. The van der Waals surface area contributed by atoms with Crippen LogP contribution in [0.4, 0.5) is 0 Å². The second-order valence-corrected chi connectivity index (χ2v) is 1.28. The molecule has 1 N–H and O–H groups in total. The average molecular weight is 172 g/mol. The van der Waals surface area contributed by atoms with Crippen molar-refractivity contribution in [2.24, 2.45) is 9.98 Å². The number of aliphatic carboxylic acids is 1. The van der Waals surface area contributed by atoms with Gasteiger partial charge in [0, 0.05) is 6.21 Å². The highest BCUT2D eigenvalue weighted by atomic mass is 16.4. The van der Waals surface area contributed by atoms with Gasteiger partial charge in [0.25, 0.3) is 0 Å². The maximum absolute atomic E-state index is 9.96. The van der Waals surface area contributed by atoms with E-state index in [0.717, 1.165) is 0 Å². The molecule has 0 radical (unpaired) electrons. The summed E-state index contributed by atoms with van der Waals surface area (Å²) < 4.78 is 0. The van der Waals surface area contributed by atoms with Crippen LogP contribution in [0.1, 0.15) is 27.7 Å². The van der Waals surface area contributed by atoms with Gasteiger partial charge in [0.1, 0.15) is 0 Å². The molecule has 12 heavy (non-hydrogen) atoms. The lowest BCUT2D eigenvalue weighted by molar-refractivity contribution is -0.129. The Morgan fingerprint density at radius 1 is 1.42 bits per heavy atom. The Morgan fingerprint density at radius 2 is 1.92 bits per heavy atom. The number of carboxylic acid groups (broad SMARTS) is 1. The SMILES string of the molecule is CC.CC.O=C(O)C1=NCC=N1. The monoisotopic (exact) mass is 172 g/mol. The van der Waals surface area contributed by atoms with Crippen LogP contribution in [-0.2, 0) is 4.79 Å². The fraction of sp³-hybridized carbons (Fsp3) is 0.625. The fourth-order valence-corrected chi connectivity index (χ4v) is 0.418. The second kappa shape index (κ2) is 9.81. The van der Waals surface area contributed by atoms with Gasteiger partial charge in [-0.1, -0.05) is 27.7 Å². The van der Waals surface area contributed by atoms with E-state index in [-0.39, 0.29) is 5.84 Å². The van der Waals surface area contributed by atoms with Gasteiger partial charge in [-0.25, -0.2) is 9.79 Å². The van der Waals surface area contributed by atoms with Crippen LogP contribution in [0.2, 0.25) is 0 Å². The molecule has 0 spiro atoms. The summed E-state index contributed by atoms with van der Waals surface area (Å²) in [4.78, 5) is 16.9. The Kier molecular flexibility index (Phi) is 11.0. The van der Waals surface area contributed by atoms with Crippen molar-refractivity contribution >= 4 is 18.0 Å². The minimum Gasteiger partial charge on any atom is -0.475 e. The summed E-state index contributed by atoms with van der Waals surface area (Å²) in [7, 11) is 0. The average Bonchev–Trinajstić information content (AvgIpc) is 2.64. The summed E-state index contributed by atoms with van der Waals surface area (Å²) in [5.41, 5.74) is 0. The highest BCUT2D eigenvalue weighted by molar-refractivity contribution is 6.37. The molecule has 0 saturated heterocycles. The molecule has 4 nitrogen and oxygen atoms in total. The van der Waals surface area contributed by atoms with E-state index in [0.29, 0.717) is 6.54 Å². The Morgan fingerprint density at radius 3 is 2.08 bits per heavy atom. The highest BCUT2D eigenvalue weighted by Crippen LogP contribution is 1.87. The highest BCUT2D eigenvalue weighted by Gasteiger charge is 2.07. The van der Waals surface area contributed by atoms with Crippen LogP contribution in [0.3, 0.4) is 0 Å². The number of rotatable bonds is 1.